The Kier molecular flexibility index (Phi) is 1.88. The van der Waals surface area contributed by atoms with Gasteiger partial charge in [0.2, 0.25) is 5.91 Å². The number of primary amides is 1. The number of carbonyl (C=O) groups excluding carboxylic acids is 1. The van der Waals surface area contributed by atoms with Gasteiger partial charge in [-0.3, -0.25) is 4.79 Å². The second-order valence-corrected chi connectivity index (χ2v) is 4.51. The van der Waals surface area contributed by atoms with Gasteiger partial charge in [-0.05, 0) is 38.1 Å². The monoisotopic (exact) mass is 182 g/mol. The average Bonchev–Trinajstić information content (AvgIpc) is 2.42. The van der Waals surface area contributed by atoms with Crippen LogP contribution in [0.25, 0.3) is 0 Å². The van der Waals surface area contributed by atoms with E-state index in [9.17, 15) is 4.79 Å². The lowest BCUT2D eigenvalue weighted by Gasteiger charge is -2.50. The van der Waals surface area contributed by atoms with Gasteiger partial charge in [0.25, 0.3) is 0 Å². The Morgan fingerprint density at radius 2 is 1.77 bits per heavy atom. The van der Waals surface area contributed by atoms with E-state index in [0.717, 1.165) is 12.8 Å². The van der Waals surface area contributed by atoms with Crippen molar-refractivity contribution in [2.45, 2.75) is 44.1 Å². The Morgan fingerprint density at radius 3 is 2.08 bits per heavy atom. The van der Waals surface area contributed by atoms with Crippen LogP contribution in [0.4, 0.5) is 0 Å². The first kappa shape index (κ1) is 9.00. The zero-order chi connectivity index (χ0) is 9.53. The molecule has 0 radical (unpaired) electrons. The van der Waals surface area contributed by atoms with Crippen molar-refractivity contribution in [2.24, 2.45) is 11.1 Å². The van der Waals surface area contributed by atoms with Crippen LogP contribution in [0.3, 0.4) is 0 Å². The molecule has 2 aliphatic rings. The van der Waals surface area contributed by atoms with Gasteiger partial charge >= 0.3 is 0 Å². The minimum Gasteiger partial charge on any atom is -0.368 e. The van der Waals surface area contributed by atoms with Gasteiger partial charge in [-0.1, -0.05) is 12.8 Å². The molecule has 1 unspecified atom stereocenters. The first-order chi connectivity index (χ1) is 6.17. The third-order valence-electron chi connectivity index (χ3n) is 4.27. The third-order valence-corrected chi connectivity index (χ3v) is 4.27. The van der Waals surface area contributed by atoms with Crippen molar-refractivity contribution in [3.8, 4) is 0 Å². The van der Waals surface area contributed by atoms with E-state index >= 15 is 0 Å². The maximum absolute atomic E-state index is 11.5. The normalized spacial score (nSPS) is 36.1. The standard InChI is InChI=1S/C10H18N2O/c1-12-10(8(11)13)7-3-6-9(10)4-2-5-9/h12H,2-7H2,1H3,(H2,11,13). The molecule has 1 atom stereocenters. The average molecular weight is 182 g/mol. The van der Waals surface area contributed by atoms with Crippen molar-refractivity contribution in [1.29, 1.82) is 0 Å². The summed E-state index contributed by atoms with van der Waals surface area (Å²) in [5.74, 6) is -0.146. The Balaban J connectivity index is 2.32. The third kappa shape index (κ3) is 0.909. The highest BCUT2D eigenvalue weighted by Gasteiger charge is 2.60. The maximum atomic E-state index is 11.5. The molecule has 2 fully saturated rings. The molecular weight excluding hydrogens is 164 g/mol. The maximum Gasteiger partial charge on any atom is 0.238 e. The molecule has 74 valence electrons. The van der Waals surface area contributed by atoms with Gasteiger partial charge in [-0.15, -0.1) is 0 Å². The lowest BCUT2D eigenvalue weighted by Crippen LogP contribution is -2.64. The molecule has 0 heterocycles. The summed E-state index contributed by atoms with van der Waals surface area (Å²) in [6.07, 6.45) is 6.86. The molecule has 0 aliphatic heterocycles. The van der Waals surface area contributed by atoms with E-state index in [0.29, 0.717) is 0 Å². The molecule has 3 N–H and O–H groups in total. The van der Waals surface area contributed by atoms with E-state index in [-0.39, 0.29) is 16.9 Å². The molecule has 13 heavy (non-hydrogen) atoms. The highest BCUT2D eigenvalue weighted by molar-refractivity contribution is 5.86. The van der Waals surface area contributed by atoms with E-state index in [1.165, 1.54) is 25.7 Å². The summed E-state index contributed by atoms with van der Waals surface area (Å²) in [5, 5.41) is 3.20. The van der Waals surface area contributed by atoms with Gasteiger partial charge in [-0.25, -0.2) is 0 Å². The molecule has 0 bridgehead atoms. The molecule has 0 saturated heterocycles. The van der Waals surface area contributed by atoms with E-state index in [4.69, 9.17) is 5.73 Å². The summed E-state index contributed by atoms with van der Waals surface area (Å²) in [6, 6.07) is 0. The van der Waals surface area contributed by atoms with Gasteiger partial charge in [0.15, 0.2) is 0 Å². The van der Waals surface area contributed by atoms with Crippen LogP contribution >= 0.6 is 0 Å². The molecule has 2 aliphatic carbocycles. The van der Waals surface area contributed by atoms with Crippen molar-refractivity contribution in [3.05, 3.63) is 0 Å². The van der Waals surface area contributed by atoms with Crippen molar-refractivity contribution in [3.63, 3.8) is 0 Å². The summed E-state index contributed by atoms with van der Waals surface area (Å²) < 4.78 is 0. The van der Waals surface area contributed by atoms with Gasteiger partial charge in [0, 0.05) is 0 Å². The smallest absolute Gasteiger partial charge is 0.238 e. The summed E-state index contributed by atoms with van der Waals surface area (Å²) >= 11 is 0. The van der Waals surface area contributed by atoms with Crippen LogP contribution in [0.15, 0.2) is 0 Å². The van der Waals surface area contributed by atoms with Crippen LogP contribution < -0.4 is 11.1 Å². The van der Waals surface area contributed by atoms with Crippen LogP contribution in [-0.4, -0.2) is 18.5 Å². The van der Waals surface area contributed by atoms with Crippen LogP contribution in [-0.2, 0) is 4.79 Å². The molecule has 2 saturated carbocycles. The molecule has 0 aromatic rings. The Morgan fingerprint density at radius 1 is 1.23 bits per heavy atom. The van der Waals surface area contributed by atoms with Crippen molar-refractivity contribution >= 4 is 5.91 Å². The second-order valence-electron chi connectivity index (χ2n) is 4.51. The second kappa shape index (κ2) is 2.71. The highest BCUT2D eigenvalue weighted by atomic mass is 16.1. The van der Waals surface area contributed by atoms with E-state index < -0.39 is 0 Å². The summed E-state index contributed by atoms with van der Waals surface area (Å²) in [6.45, 7) is 0. The van der Waals surface area contributed by atoms with Crippen LogP contribution in [0.5, 0.6) is 0 Å². The van der Waals surface area contributed by atoms with E-state index in [1.54, 1.807) is 0 Å². The van der Waals surface area contributed by atoms with Gasteiger partial charge in [0.05, 0.1) is 0 Å². The fourth-order valence-electron chi connectivity index (χ4n) is 3.35. The lowest BCUT2D eigenvalue weighted by atomic mass is 9.58. The highest BCUT2D eigenvalue weighted by Crippen LogP contribution is 2.58. The SMILES string of the molecule is CNC1(C(N)=O)CCCC12CCC2. The fourth-order valence-corrected chi connectivity index (χ4v) is 3.35. The molecule has 2 rings (SSSR count). The Hall–Kier alpha value is -0.570. The van der Waals surface area contributed by atoms with Gasteiger partial charge in [0.1, 0.15) is 5.54 Å². The fraction of sp³-hybridized carbons (Fsp3) is 0.900. The lowest BCUT2D eigenvalue weighted by molar-refractivity contribution is -0.131. The van der Waals surface area contributed by atoms with Crippen molar-refractivity contribution in [1.82, 2.24) is 5.32 Å². The summed E-state index contributed by atoms with van der Waals surface area (Å²) in [7, 11) is 1.87. The number of likely N-dealkylation sites (N-methyl/N-ethyl adjacent to an activating group) is 1. The first-order valence-corrected chi connectivity index (χ1v) is 5.16. The summed E-state index contributed by atoms with van der Waals surface area (Å²) in [4.78, 5) is 11.5. The predicted octanol–water partition coefficient (Wildman–Crippen LogP) is 0.784. The van der Waals surface area contributed by atoms with Crippen LogP contribution in [0.1, 0.15) is 38.5 Å². The molecule has 1 spiro atoms. The minimum atomic E-state index is -0.384. The van der Waals surface area contributed by atoms with Crippen molar-refractivity contribution in [2.75, 3.05) is 7.05 Å². The molecule has 3 nitrogen and oxygen atoms in total. The number of nitrogens with one attached hydrogen (secondary N) is 1. The zero-order valence-electron chi connectivity index (χ0n) is 8.23. The van der Waals surface area contributed by atoms with E-state index in [1.807, 2.05) is 7.05 Å². The molecular formula is C10H18N2O. The zero-order valence-corrected chi connectivity index (χ0v) is 8.23. The minimum absolute atomic E-state index is 0.146. The van der Waals surface area contributed by atoms with Crippen LogP contribution in [0, 0.1) is 5.41 Å². The molecule has 0 aromatic heterocycles. The number of hydrogen-bond acceptors (Lipinski definition) is 2. The molecule has 0 aromatic carbocycles. The van der Waals surface area contributed by atoms with Gasteiger partial charge < -0.3 is 11.1 Å². The predicted molar refractivity (Wildman–Crippen MR) is 51.1 cm³/mol. The number of hydrogen-bond donors (Lipinski definition) is 2. The van der Waals surface area contributed by atoms with Gasteiger partial charge in [-0.2, -0.15) is 0 Å². The summed E-state index contributed by atoms with van der Waals surface area (Å²) in [5.41, 5.74) is 5.36. The molecule has 3 heteroatoms. The number of rotatable bonds is 2. The number of amides is 1. The van der Waals surface area contributed by atoms with E-state index in [2.05, 4.69) is 5.32 Å². The quantitative estimate of drug-likeness (QED) is 0.663. The number of carbonyl (C=O) groups is 1. The Labute approximate surface area is 79.1 Å². The van der Waals surface area contributed by atoms with Crippen LogP contribution in [0.2, 0.25) is 0 Å². The first-order valence-electron chi connectivity index (χ1n) is 5.16. The topological polar surface area (TPSA) is 55.1 Å². The number of nitrogens with two attached hydrogens (primary N) is 1. The molecule has 1 amide bonds. The largest absolute Gasteiger partial charge is 0.368 e. The van der Waals surface area contributed by atoms with Crippen molar-refractivity contribution < 1.29 is 4.79 Å². The Bertz CT molecular complexity index is 235.